The molecular weight excluding hydrogens is 330 g/mol. The maximum absolute atomic E-state index is 12.6. The van der Waals surface area contributed by atoms with E-state index in [1.165, 1.54) is 25.7 Å². The number of carbonyl (C=O) groups is 2. The summed E-state index contributed by atoms with van der Waals surface area (Å²) in [5, 5.41) is 0. The van der Waals surface area contributed by atoms with Crippen LogP contribution in [-0.2, 0) is 4.79 Å². The van der Waals surface area contributed by atoms with Crippen molar-refractivity contribution in [2.45, 2.75) is 45.4 Å². The second-order valence-electron chi connectivity index (χ2n) is 7.18. The molecule has 6 nitrogen and oxygen atoms in total. The summed E-state index contributed by atoms with van der Waals surface area (Å²) in [5.74, 6) is 1.49. The molecule has 6 heteroatoms. The molecule has 1 aliphatic heterocycles. The molecule has 1 aliphatic carbocycles. The quantitative estimate of drug-likeness (QED) is 0.783. The number of amides is 2. The Kier molecular flexibility index (Phi) is 6.47. The topological polar surface area (TPSA) is 62.7 Å². The SMILES string of the molecule is CCOc1ccc(C(=O)N2CCN(C(=O)CCC3CCCC3)CC2)cn1. The Morgan fingerprint density at radius 2 is 1.81 bits per heavy atom. The van der Waals surface area contributed by atoms with Crippen LogP contribution in [-0.4, -0.2) is 59.4 Å². The van der Waals surface area contributed by atoms with Gasteiger partial charge in [0.25, 0.3) is 5.91 Å². The zero-order valence-corrected chi connectivity index (χ0v) is 15.7. The van der Waals surface area contributed by atoms with Crippen molar-refractivity contribution in [1.82, 2.24) is 14.8 Å². The van der Waals surface area contributed by atoms with Crippen molar-refractivity contribution in [2.75, 3.05) is 32.8 Å². The van der Waals surface area contributed by atoms with Gasteiger partial charge in [0, 0.05) is 44.9 Å². The van der Waals surface area contributed by atoms with Gasteiger partial charge in [-0.2, -0.15) is 0 Å². The first-order chi connectivity index (χ1) is 12.7. The van der Waals surface area contributed by atoms with Crippen molar-refractivity contribution in [1.29, 1.82) is 0 Å². The summed E-state index contributed by atoms with van der Waals surface area (Å²) in [6, 6.07) is 3.47. The smallest absolute Gasteiger partial charge is 0.255 e. The minimum atomic E-state index is -0.0291. The third kappa shape index (κ3) is 4.74. The van der Waals surface area contributed by atoms with Crippen molar-refractivity contribution in [3.63, 3.8) is 0 Å². The van der Waals surface area contributed by atoms with Crippen LogP contribution in [0.2, 0.25) is 0 Å². The van der Waals surface area contributed by atoms with E-state index in [1.807, 2.05) is 11.8 Å². The van der Waals surface area contributed by atoms with E-state index in [2.05, 4.69) is 4.98 Å². The zero-order chi connectivity index (χ0) is 18.4. The lowest BCUT2D eigenvalue weighted by atomic mass is 10.0. The van der Waals surface area contributed by atoms with Crippen LogP contribution in [0, 0.1) is 5.92 Å². The summed E-state index contributed by atoms with van der Waals surface area (Å²) in [5.41, 5.74) is 0.564. The van der Waals surface area contributed by atoms with Crippen LogP contribution in [0.4, 0.5) is 0 Å². The van der Waals surface area contributed by atoms with Crippen molar-refractivity contribution in [2.24, 2.45) is 5.92 Å². The largest absolute Gasteiger partial charge is 0.478 e. The maximum Gasteiger partial charge on any atom is 0.255 e. The summed E-state index contributed by atoms with van der Waals surface area (Å²) in [6.07, 6.45) is 8.45. The monoisotopic (exact) mass is 359 g/mol. The Labute approximate surface area is 155 Å². The first-order valence-corrected chi connectivity index (χ1v) is 9.83. The summed E-state index contributed by atoms with van der Waals surface area (Å²) >= 11 is 0. The van der Waals surface area contributed by atoms with Gasteiger partial charge in [-0.25, -0.2) is 4.98 Å². The Hall–Kier alpha value is -2.11. The maximum atomic E-state index is 12.6. The third-order valence-corrected chi connectivity index (χ3v) is 5.44. The van der Waals surface area contributed by atoms with Gasteiger partial charge in [-0.05, 0) is 25.3 Å². The van der Waals surface area contributed by atoms with Gasteiger partial charge in [0.15, 0.2) is 0 Å². The van der Waals surface area contributed by atoms with Crippen LogP contribution >= 0.6 is 0 Å². The standard InChI is InChI=1S/C20H29N3O3/c1-2-26-18-9-8-17(15-21-18)20(25)23-13-11-22(12-14-23)19(24)10-7-16-5-3-4-6-16/h8-9,15-16H,2-7,10-14H2,1H3. The average Bonchev–Trinajstić information content (AvgIpc) is 3.20. The van der Waals surface area contributed by atoms with Crippen molar-refractivity contribution in [3.8, 4) is 5.88 Å². The molecule has 0 unspecified atom stereocenters. The Bertz CT molecular complexity index is 603. The highest BCUT2D eigenvalue weighted by molar-refractivity contribution is 5.94. The Morgan fingerprint density at radius 1 is 1.12 bits per heavy atom. The molecule has 1 aromatic heterocycles. The fraction of sp³-hybridized carbons (Fsp3) is 0.650. The molecule has 0 N–H and O–H groups in total. The predicted octanol–water partition coefficient (Wildman–Crippen LogP) is 2.74. The highest BCUT2D eigenvalue weighted by Gasteiger charge is 2.25. The Morgan fingerprint density at radius 3 is 2.42 bits per heavy atom. The number of hydrogen-bond acceptors (Lipinski definition) is 4. The zero-order valence-electron chi connectivity index (χ0n) is 15.7. The van der Waals surface area contributed by atoms with Gasteiger partial charge in [0.2, 0.25) is 11.8 Å². The van der Waals surface area contributed by atoms with E-state index < -0.39 is 0 Å². The average molecular weight is 359 g/mol. The molecule has 1 saturated carbocycles. The van der Waals surface area contributed by atoms with Gasteiger partial charge in [0.1, 0.15) is 0 Å². The predicted molar refractivity (Wildman–Crippen MR) is 99.1 cm³/mol. The number of aromatic nitrogens is 1. The lowest BCUT2D eigenvalue weighted by Crippen LogP contribution is -2.50. The molecule has 0 bridgehead atoms. The van der Waals surface area contributed by atoms with Gasteiger partial charge in [-0.3, -0.25) is 9.59 Å². The van der Waals surface area contributed by atoms with Crippen LogP contribution in [0.5, 0.6) is 5.88 Å². The van der Waals surface area contributed by atoms with Crippen LogP contribution in [0.1, 0.15) is 55.8 Å². The molecular formula is C20H29N3O3. The molecule has 1 saturated heterocycles. The molecule has 26 heavy (non-hydrogen) atoms. The van der Waals surface area contributed by atoms with Crippen molar-refractivity contribution in [3.05, 3.63) is 23.9 Å². The second kappa shape index (κ2) is 9.01. The number of carbonyl (C=O) groups excluding carboxylic acids is 2. The fourth-order valence-corrected chi connectivity index (χ4v) is 3.87. The molecule has 2 heterocycles. The first-order valence-electron chi connectivity index (χ1n) is 9.83. The molecule has 2 fully saturated rings. The lowest BCUT2D eigenvalue weighted by molar-refractivity contribution is -0.133. The van der Waals surface area contributed by atoms with Gasteiger partial charge >= 0.3 is 0 Å². The number of pyridine rings is 1. The first kappa shape index (κ1) is 18.7. The van der Waals surface area contributed by atoms with E-state index >= 15 is 0 Å². The number of nitrogens with zero attached hydrogens (tertiary/aromatic N) is 3. The Balaban J connectivity index is 1.44. The number of ether oxygens (including phenoxy) is 1. The normalized spacial score (nSPS) is 18.2. The number of piperazine rings is 1. The van der Waals surface area contributed by atoms with Crippen LogP contribution in [0.15, 0.2) is 18.3 Å². The van der Waals surface area contributed by atoms with E-state index in [1.54, 1.807) is 23.2 Å². The molecule has 2 aliphatic rings. The van der Waals surface area contributed by atoms with Gasteiger partial charge in [-0.15, -0.1) is 0 Å². The highest BCUT2D eigenvalue weighted by Crippen LogP contribution is 2.28. The van der Waals surface area contributed by atoms with Crippen molar-refractivity contribution < 1.29 is 14.3 Å². The van der Waals surface area contributed by atoms with E-state index in [4.69, 9.17) is 4.74 Å². The highest BCUT2D eigenvalue weighted by atomic mass is 16.5. The van der Waals surface area contributed by atoms with E-state index in [0.29, 0.717) is 50.7 Å². The summed E-state index contributed by atoms with van der Waals surface area (Å²) in [7, 11) is 0. The molecule has 0 aromatic carbocycles. The molecule has 2 amide bonds. The molecule has 0 spiro atoms. The van der Waals surface area contributed by atoms with Gasteiger partial charge in [-0.1, -0.05) is 25.7 Å². The minimum Gasteiger partial charge on any atom is -0.478 e. The van der Waals surface area contributed by atoms with Crippen molar-refractivity contribution >= 4 is 11.8 Å². The minimum absolute atomic E-state index is 0.0291. The molecule has 1 aromatic rings. The fourth-order valence-electron chi connectivity index (χ4n) is 3.87. The molecule has 0 atom stereocenters. The molecule has 142 valence electrons. The number of rotatable bonds is 6. The lowest BCUT2D eigenvalue weighted by Gasteiger charge is -2.35. The van der Waals surface area contributed by atoms with Crippen LogP contribution in [0.3, 0.4) is 0 Å². The summed E-state index contributed by atoms with van der Waals surface area (Å²) < 4.78 is 5.31. The number of hydrogen-bond donors (Lipinski definition) is 0. The van der Waals surface area contributed by atoms with E-state index in [-0.39, 0.29) is 11.8 Å². The third-order valence-electron chi connectivity index (χ3n) is 5.44. The van der Waals surface area contributed by atoms with E-state index in [9.17, 15) is 9.59 Å². The molecule has 3 rings (SSSR count). The van der Waals surface area contributed by atoms with Crippen LogP contribution in [0.25, 0.3) is 0 Å². The van der Waals surface area contributed by atoms with Gasteiger partial charge < -0.3 is 14.5 Å². The molecule has 0 radical (unpaired) electrons. The van der Waals surface area contributed by atoms with E-state index in [0.717, 1.165) is 12.3 Å². The summed E-state index contributed by atoms with van der Waals surface area (Å²) in [6.45, 7) is 4.87. The van der Waals surface area contributed by atoms with Crippen LogP contribution < -0.4 is 4.74 Å². The van der Waals surface area contributed by atoms with Gasteiger partial charge in [0.05, 0.1) is 12.2 Å². The summed E-state index contributed by atoms with van der Waals surface area (Å²) in [4.78, 5) is 32.9. The second-order valence-corrected chi connectivity index (χ2v) is 7.18.